The maximum absolute atomic E-state index is 5.36. The lowest BCUT2D eigenvalue weighted by atomic mass is 10.1. The molecule has 0 radical (unpaired) electrons. The Kier molecular flexibility index (Phi) is 3.74. The monoisotopic (exact) mass is 297 g/mol. The quantitative estimate of drug-likeness (QED) is 0.737. The van der Waals surface area contributed by atoms with Crippen LogP contribution in [-0.2, 0) is 0 Å². The van der Waals surface area contributed by atoms with Crippen LogP contribution in [0.25, 0.3) is 22.8 Å². The fourth-order valence-electron chi connectivity index (χ4n) is 2.14. The van der Waals surface area contributed by atoms with Gasteiger partial charge in [-0.15, -0.1) is 0 Å². The molecular formula is C16H15N3O3. The third-order valence-electron chi connectivity index (χ3n) is 3.31. The molecule has 2 heterocycles. The van der Waals surface area contributed by atoms with Crippen LogP contribution in [0.15, 0.2) is 41.1 Å². The van der Waals surface area contributed by atoms with Gasteiger partial charge in [0.1, 0.15) is 11.5 Å². The smallest absolute Gasteiger partial charge is 0.260 e. The molecule has 0 aliphatic carbocycles. The molecule has 22 heavy (non-hydrogen) atoms. The molecule has 3 rings (SSSR count). The van der Waals surface area contributed by atoms with Crippen molar-refractivity contribution in [2.24, 2.45) is 0 Å². The fraction of sp³-hybridized carbons (Fsp3) is 0.188. The van der Waals surface area contributed by atoms with E-state index in [0.717, 1.165) is 11.3 Å². The van der Waals surface area contributed by atoms with Crippen LogP contribution in [-0.4, -0.2) is 29.3 Å². The van der Waals surface area contributed by atoms with Crippen LogP contribution in [0.5, 0.6) is 11.5 Å². The Balaban J connectivity index is 2.06. The number of hydrogen-bond donors (Lipinski definition) is 0. The molecule has 0 aliphatic rings. The highest BCUT2D eigenvalue weighted by Crippen LogP contribution is 2.33. The summed E-state index contributed by atoms with van der Waals surface area (Å²) in [5.41, 5.74) is 2.34. The van der Waals surface area contributed by atoms with Gasteiger partial charge in [-0.3, -0.25) is 4.98 Å². The van der Waals surface area contributed by atoms with Gasteiger partial charge in [-0.05, 0) is 37.3 Å². The third-order valence-corrected chi connectivity index (χ3v) is 3.31. The highest BCUT2D eigenvalue weighted by atomic mass is 16.5. The lowest BCUT2D eigenvalue weighted by molar-refractivity contribution is 0.403. The highest BCUT2D eigenvalue weighted by Gasteiger charge is 2.16. The van der Waals surface area contributed by atoms with Gasteiger partial charge in [-0.1, -0.05) is 5.16 Å². The van der Waals surface area contributed by atoms with Gasteiger partial charge in [-0.25, -0.2) is 0 Å². The van der Waals surface area contributed by atoms with Crippen molar-refractivity contribution >= 4 is 0 Å². The number of ether oxygens (including phenoxy) is 2. The van der Waals surface area contributed by atoms with E-state index in [1.807, 2.05) is 31.2 Å². The normalized spacial score (nSPS) is 10.5. The highest BCUT2D eigenvalue weighted by molar-refractivity contribution is 5.68. The Bertz CT molecular complexity index is 799. The number of aryl methyl sites for hydroxylation is 1. The zero-order valence-corrected chi connectivity index (χ0v) is 12.5. The summed E-state index contributed by atoms with van der Waals surface area (Å²) in [4.78, 5) is 8.67. The van der Waals surface area contributed by atoms with E-state index in [2.05, 4.69) is 15.1 Å². The van der Waals surface area contributed by atoms with Gasteiger partial charge in [0, 0.05) is 11.9 Å². The van der Waals surface area contributed by atoms with E-state index >= 15 is 0 Å². The molecule has 1 aromatic carbocycles. The molecule has 112 valence electrons. The lowest BCUT2D eigenvalue weighted by Crippen LogP contribution is -1.92. The SMILES string of the molecule is COc1ccc(OC)c(-c2noc(-c3cccnc3C)n2)c1. The van der Waals surface area contributed by atoms with E-state index in [9.17, 15) is 0 Å². The lowest BCUT2D eigenvalue weighted by Gasteiger charge is -2.07. The Morgan fingerprint density at radius 2 is 1.91 bits per heavy atom. The number of aromatic nitrogens is 3. The van der Waals surface area contributed by atoms with E-state index < -0.39 is 0 Å². The van der Waals surface area contributed by atoms with Crippen LogP contribution in [0.4, 0.5) is 0 Å². The zero-order chi connectivity index (χ0) is 15.5. The van der Waals surface area contributed by atoms with Crippen molar-refractivity contribution in [3.05, 3.63) is 42.2 Å². The van der Waals surface area contributed by atoms with Crippen molar-refractivity contribution in [2.75, 3.05) is 14.2 Å². The summed E-state index contributed by atoms with van der Waals surface area (Å²) in [5, 5.41) is 4.04. The first kappa shape index (κ1) is 14.1. The molecular weight excluding hydrogens is 282 g/mol. The number of hydrogen-bond acceptors (Lipinski definition) is 6. The van der Waals surface area contributed by atoms with Crippen LogP contribution >= 0.6 is 0 Å². The Morgan fingerprint density at radius 1 is 1.05 bits per heavy atom. The van der Waals surface area contributed by atoms with Gasteiger partial charge < -0.3 is 14.0 Å². The summed E-state index contributed by atoms with van der Waals surface area (Å²) in [6, 6.07) is 9.15. The molecule has 0 N–H and O–H groups in total. The first-order valence-corrected chi connectivity index (χ1v) is 6.71. The predicted molar refractivity (Wildman–Crippen MR) is 80.8 cm³/mol. The summed E-state index contributed by atoms with van der Waals surface area (Å²) in [7, 11) is 3.20. The molecule has 2 aromatic heterocycles. The van der Waals surface area contributed by atoms with Gasteiger partial charge in [0.25, 0.3) is 5.89 Å². The molecule has 0 saturated carbocycles. The predicted octanol–water partition coefficient (Wildman–Crippen LogP) is 3.12. The minimum atomic E-state index is 0.422. The van der Waals surface area contributed by atoms with Crippen LogP contribution in [0.3, 0.4) is 0 Å². The van der Waals surface area contributed by atoms with E-state index in [-0.39, 0.29) is 0 Å². The summed E-state index contributed by atoms with van der Waals surface area (Å²) < 4.78 is 15.9. The molecule has 0 amide bonds. The van der Waals surface area contributed by atoms with E-state index in [1.165, 1.54) is 0 Å². The molecule has 0 unspecified atom stereocenters. The number of nitrogens with zero attached hydrogens (tertiary/aromatic N) is 3. The van der Waals surface area contributed by atoms with Gasteiger partial charge in [0.15, 0.2) is 0 Å². The molecule has 6 nitrogen and oxygen atoms in total. The minimum absolute atomic E-state index is 0.422. The van der Waals surface area contributed by atoms with Gasteiger partial charge in [0.2, 0.25) is 5.82 Å². The topological polar surface area (TPSA) is 70.3 Å². The third kappa shape index (κ3) is 2.50. The van der Waals surface area contributed by atoms with Crippen molar-refractivity contribution in [3.8, 4) is 34.3 Å². The van der Waals surface area contributed by atoms with Gasteiger partial charge in [-0.2, -0.15) is 4.98 Å². The van der Waals surface area contributed by atoms with Crippen molar-refractivity contribution < 1.29 is 14.0 Å². The van der Waals surface area contributed by atoms with E-state index in [4.69, 9.17) is 14.0 Å². The van der Waals surface area contributed by atoms with Crippen molar-refractivity contribution in [1.82, 2.24) is 15.1 Å². The summed E-state index contributed by atoms with van der Waals surface area (Å²) in [6.07, 6.45) is 1.72. The first-order chi connectivity index (χ1) is 10.7. The second-order valence-electron chi connectivity index (χ2n) is 4.63. The largest absolute Gasteiger partial charge is 0.497 e. The molecule has 3 aromatic rings. The van der Waals surface area contributed by atoms with E-state index in [0.29, 0.717) is 28.8 Å². The average Bonchev–Trinajstić information content (AvgIpc) is 3.04. The van der Waals surface area contributed by atoms with Crippen LogP contribution in [0.2, 0.25) is 0 Å². The Labute approximate surface area is 127 Å². The van der Waals surface area contributed by atoms with E-state index in [1.54, 1.807) is 26.5 Å². The van der Waals surface area contributed by atoms with Crippen LogP contribution < -0.4 is 9.47 Å². The Morgan fingerprint density at radius 3 is 2.64 bits per heavy atom. The maximum Gasteiger partial charge on any atom is 0.260 e. The van der Waals surface area contributed by atoms with Crippen molar-refractivity contribution in [3.63, 3.8) is 0 Å². The first-order valence-electron chi connectivity index (χ1n) is 6.71. The minimum Gasteiger partial charge on any atom is -0.497 e. The van der Waals surface area contributed by atoms with Crippen LogP contribution in [0.1, 0.15) is 5.69 Å². The second-order valence-corrected chi connectivity index (χ2v) is 4.63. The molecule has 6 heteroatoms. The molecule has 0 aliphatic heterocycles. The summed E-state index contributed by atoms with van der Waals surface area (Å²) in [5.74, 6) is 2.20. The molecule has 0 fully saturated rings. The fourth-order valence-corrected chi connectivity index (χ4v) is 2.14. The number of rotatable bonds is 4. The second kappa shape index (κ2) is 5.85. The molecule has 0 spiro atoms. The summed E-state index contributed by atoms with van der Waals surface area (Å²) in [6.45, 7) is 1.89. The zero-order valence-electron chi connectivity index (χ0n) is 12.5. The molecule has 0 bridgehead atoms. The van der Waals surface area contributed by atoms with Crippen molar-refractivity contribution in [2.45, 2.75) is 6.92 Å². The maximum atomic E-state index is 5.36. The molecule has 0 saturated heterocycles. The van der Waals surface area contributed by atoms with Crippen molar-refractivity contribution in [1.29, 1.82) is 0 Å². The van der Waals surface area contributed by atoms with Crippen LogP contribution in [0, 0.1) is 6.92 Å². The van der Waals surface area contributed by atoms with Gasteiger partial charge >= 0.3 is 0 Å². The number of pyridine rings is 1. The Hall–Kier alpha value is -2.89. The number of benzene rings is 1. The standard InChI is InChI=1S/C16H15N3O3/c1-10-12(5-4-8-17-10)16-18-15(19-22-16)13-9-11(20-2)6-7-14(13)21-3/h4-9H,1-3H3. The average molecular weight is 297 g/mol. The molecule has 0 atom stereocenters. The number of methoxy groups -OCH3 is 2. The van der Waals surface area contributed by atoms with Gasteiger partial charge in [0.05, 0.1) is 25.3 Å². The summed E-state index contributed by atoms with van der Waals surface area (Å²) >= 11 is 0.